The van der Waals surface area contributed by atoms with E-state index in [1.54, 1.807) is 16.9 Å². The second-order valence-corrected chi connectivity index (χ2v) is 8.19. The Balaban J connectivity index is 1.66. The van der Waals surface area contributed by atoms with Crippen molar-refractivity contribution in [2.24, 2.45) is 0 Å². The first-order chi connectivity index (χ1) is 16.0. The van der Waals surface area contributed by atoms with Crippen molar-refractivity contribution >= 4 is 22.8 Å². The normalized spacial score (nSPS) is 12.7. The van der Waals surface area contributed by atoms with Crippen LogP contribution in [0.1, 0.15) is 50.0 Å². The predicted molar refractivity (Wildman–Crippen MR) is 125 cm³/mol. The van der Waals surface area contributed by atoms with Crippen LogP contribution in [0.15, 0.2) is 30.5 Å². The van der Waals surface area contributed by atoms with Gasteiger partial charge in [-0.15, -0.1) is 0 Å². The molecule has 3 heterocycles. The third-order valence-corrected chi connectivity index (χ3v) is 5.35. The molecule has 1 aromatic carbocycles. The number of nitrogens with one attached hydrogen (secondary N) is 2. The van der Waals surface area contributed by atoms with E-state index in [9.17, 15) is 9.59 Å². The molecule has 2 amide bonds. The molecular formula is C24H29N5O4. The summed E-state index contributed by atoms with van der Waals surface area (Å²) in [5, 5.41) is 10.8. The molecule has 0 bridgehead atoms. The summed E-state index contributed by atoms with van der Waals surface area (Å²) in [5.41, 5.74) is 2.53. The van der Waals surface area contributed by atoms with E-state index in [1.807, 2.05) is 39.0 Å². The van der Waals surface area contributed by atoms with E-state index in [0.717, 1.165) is 12.0 Å². The Morgan fingerprint density at radius 2 is 1.88 bits per heavy atom. The highest BCUT2D eigenvalue weighted by Crippen LogP contribution is 2.35. The lowest BCUT2D eigenvalue weighted by Gasteiger charge is -2.19. The number of pyridine rings is 1. The monoisotopic (exact) mass is 451 g/mol. The van der Waals surface area contributed by atoms with Gasteiger partial charge in [-0.1, -0.05) is 6.92 Å². The van der Waals surface area contributed by atoms with E-state index in [-0.39, 0.29) is 30.8 Å². The van der Waals surface area contributed by atoms with Crippen LogP contribution in [0, 0.1) is 0 Å². The first-order valence-electron chi connectivity index (χ1n) is 11.3. The number of benzene rings is 1. The summed E-state index contributed by atoms with van der Waals surface area (Å²) >= 11 is 0. The molecule has 9 nitrogen and oxygen atoms in total. The second-order valence-electron chi connectivity index (χ2n) is 8.19. The molecule has 3 aromatic rings. The molecule has 174 valence electrons. The molecular weight excluding hydrogens is 422 g/mol. The summed E-state index contributed by atoms with van der Waals surface area (Å²) in [4.78, 5) is 29.8. The summed E-state index contributed by atoms with van der Waals surface area (Å²) < 4.78 is 13.1. The summed E-state index contributed by atoms with van der Waals surface area (Å²) in [6.07, 6.45) is 2.76. The highest BCUT2D eigenvalue weighted by molar-refractivity contribution is 6.06. The van der Waals surface area contributed by atoms with Gasteiger partial charge in [-0.2, -0.15) is 5.10 Å². The van der Waals surface area contributed by atoms with Gasteiger partial charge in [-0.25, -0.2) is 9.67 Å². The molecule has 33 heavy (non-hydrogen) atoms. The van der Waals surface area contributed by atoms with Gasteiger partial charge in [0.2, 0.25) is 5.91 Å². The quantitative estimate of drug-likeness (QED) is 0.545. The first-order valence-corrected chi connectivity index (χ1v) is 11.3. The molecule has 1 aliphatic rings. The molecule has 0 radical (unpaired) electrons. The third-order valence-electron chi connectivity index (χ3n) is 5.35. The van der Waals surface area contributed by atoms with E-state index in [4.69, 9.17) is 14.5 Å². The van der Waals surface area contributed by atoms with Crippen LogP contribution < -0.4 is 20.1 Å². The standard InChI is InChI=1S/C24H29N5O4/c1-4-8-25-22(30)7-9-26-24(31)17-13-19(28-23-18(17)14-27-29(23)15(2)3)16-5-6-20-21(12-16)33-11-10-32-20/h5-6,12-15H,4,7-11H2,1-3H3,(H,25,30)(H,26,31). The number of nitrogens with zero attached hydrogens (tertiary/aromatic N) is 3. The lowest BCUT2D eigenvalue weighted by atomic mass is 10.1. The van der Waals surface area contributed by atoms with Crippen molar-refractivity contribution in [3.63, 3.8) is 0 Å². The van der Waals surface area contributed by atoms with Crippen molar-refractivity contribution in [2.45, 2.75) is 39.7 Å². The van der Waals surface area contributed by atoms with Gasteiger partial charge in [0.15, 0.2) is 17.1 Å². The molecule has 2 aromatic heterocycles. The zero-order chi connectivity index (χ0) is 23.4. The predicted octanol–water partition coefficient (Wildman–Crippen LogP) is 3.10. The van der Waals surface area contributed by atoms with Crippen molar-refractivity contribution in [3.05, 3.63) is 36.0 Å². The number of carbonyl (C=O) groups excluding carboxylic acids is 2. The Bertz CT molecular complexity index is 1170. The molecule has 4 rings (SSSR count). The van der Waals surface area contributed by atoms with Crippen molar-refractivity contribution in [3.8, 4) is 22.8 Å². The van der Waals surface area contributed by atoms with Crippen LogP contribution in [-0.2, 0) is 4.79 Å². The average Bonchev–Trinajstić information content (AvgIpc) is 3.26. The zero-order valence-electron chi connectivity index (χ0n) is 19.2. The van der Waals surface area contributed by atoms with Crippen LogP contribution in [0.2, 0.25) is 0 Å². The Morgan fingerprint density at radius 1 is 1.09 bits per heavy atom. The maximum Gasteiger partial charge on any atom is 0.252 e. The SMILES string of the molecule is CCCNC(=O)CCNC(=O)c1cc(-c2ccc3c(c2)OCCO3)nc2c1cnn2C(C)C. The van der Waals surface area contributed by atoms with E-state index in [0.29, 0.717) is 53.5 Å². The van der Waals surface area contributed by atoms with Crippen molar-refractivity contribution in [2.75, 3.05) is 26.3 Å². The average molecular weight is 452 g/mol. The highest BCUT2D eigenvalue weighted by atomic mass is 16.6. The van der Waals surface area contributed by atoms with Gasteiger partial charge in [0.05, 0.1) is 22.8 Å². The molecule has 0 atom stereocenters. The van der Waals surface area contributed by atoms with Gasteiger partial charge < -0.3 is 20.1 Å². The molecule has 1 aliphatic heterocycles. The summed E-state index contributed by atoms with van der Waals surface area (Å²) in [6, 6.07) is 7.45. The second kappa shape index (κ2) is 9.89. The maximum absolute atomic E-state index is 13.1. The minimum absolute atomic E-state index is 0.0729. The number of ether oxygens (including phenoxy) is 2. The van der Waals surface area contributed by atoms with Crippen molar-refractivity contribution in [1.29, 1.82) is 0 Å². The minimum Gasteiger partial charge on any atom is -0.486 e. The van der Waals surface area contributed by atoms with Crippen LogP contribution >= 0.6 is 0 Å². The molecule has 0 unspecified atom stereocenters. The number of hydrogen-bond donors (Lipinski definition) is 2. The van der Waals surface area contributed by atoms with E-state index in [2.05, 4.69) is 15.7 Å². The van der Waals surface area contributed by atoms with Crippen molar-refractivity contribution in [1.82, 2.24) is 25.4 Å². The van der Waals surface area contributed by atoms with Crippen LogP contribution in [0.25, 0.3) is 22.3 Å². The van der Waals surface area contributed by atoms with Gasteiger partial charge in [-0.3, -0.25) is 9.59 Å². The summed E-state index contributed by atoms with van der Waals surface area (Å²) in [7, 11) is 0. The fourth-order valence-corrected chi connectivity index (χ4v) is 3.67. The van der Waals surface area contributed by atoms with Gasteiger partial charge in [0.1, 0.15) is 13.2 Å². The smallest absolute Gasteiger partial charge is 0.252 e. The third kappa shape index (κ3) is 4.92. The fourth-order valence-electron chi connectivity index (χ4n) is 3.67. The van der Waals surface area contributed by atoms with E-state index >= 15 is 0 Å². The zero-order valence-corrected chi connectivity index (χ0v) is 19.2. The molecule has 2 N–H and O–H groups in total. The lowest BCUT2D eigenvalue weighted by molar-refractivity contribution is -0.120. The number of rotatable bonds is 8. The summed E-state index contributed by atoms with van der Waals surface area (Å²) in [6.45, 7) is 7.90. The number of amides is 2. The fraction of sp³-hybridized carbons (Fsp3) is 0.417. The number of aromatic nitrogens is 3. The minimum atomic E-state index is -0.271. The Labute approximate surface area is 192 Å². The van der Waals surface area contributed by atoms with Crippen LogP contribution in [0.5, 0.6) is 11.5 Å². The topological polar surface area (TPSA) is 107 Å². The number of fused-ring (bicyclic) bond motifs is 2. The Kier molecular flexibility index (Phi) is 6.76. The van der Waals surface area contributed by atoms with E-state index in [1.165, 1.54) is 0 Å². The van der Waals surface area contributed by atoms with Gasteiger partial charge >= 0.3 is 0 Å². The molecule has 0 spiro atoms. The van der Waals surface area contributed by atoms with Gasteiger partial charge in [0.25, 0.3) is 5.91 Å². The van der Waals surface area contributed by atoms with Gasteiger partial charge in [0, 0.05) is 31.1 Å². The summed E-state index contributed by atoms with van der Waals surface area (Å²) in [5.74, 6) is 0.995. The largest absolute Gasteiger partial charge is 0.486 e. The highest BCUT2D eigenvalue weighted by Gasteiger charge is 2.20. The van der Waals surface area contributed by atoms with E-state index < -0.39 is 0 Å². The van der Waals surface area contributed by atoms with Crippen molar-refractivity contribution < 1.29 is 19.1 Å². The Morgan fingerprint density at radius 3 is 2.64 bits per heavy atom. The van der Waals surface area contributed by atoms with Crippen LogP contribution in [-0.4, -0.2) is 52.9 Å². The molecule has 9 heteroatoms. The number of hydrogen-bond acceptors (Lipinski definition) is 6. The Hall–Kier alpha value is -3.62. The molecule has 0 fully saturated rings. The molecule has 0 aliphatic carbocycles. The van der Waals surface area contributed by atoms with Gasteiger partial charge in [-0.05, 0) is 44.5 Å². The van der Waals surface area contributed by atoms with Crippen LogP contribution in [0.4, 0.5) is 0 Å². The van der Waals surface area contributed by atoms with Crippen LogP contribution in [0.3, 0.4) is 0 Å². The number of carbonyl (C=O) groups is 2. The molecule has 0 saturated heterocycles. The maximum atomic E-state index is 13.1. The first kappa shape index (κ1) is 22.6. The molecule has 0 saturated carbocycles. The lowest BCUT2D eigenvalue weighted by Crippen LogP contribution is -2.31.